The van der Waals surface area contributed by atoms with E-state index in [-0.39, 0.29) is 0 Å². The van der Waals surface area contributed by atoms with Gasteiger partial charge in [0.25, 0.3) is 0 Å². The first kappa shape index (κ1) is 8.23. The molecule has 0 bridgehead atoms. The molecule has 0 atom stereocenters. The molecule has 0 amide bonds. The Morgan fingerprint density at radius 1 is 1.78 bits per heavy atom. The minimum absolute atomic E-state index is 0.319. The molecule has 4 heteroatoms. The van der Waals surface area contributed by atoms with E-state index in [4.69, 9.17) is 9.94 Å². The predicted molar refractivity (Wildman–Crippen MR) is 34.8 cm³/mol. The van der Waals surface area contributed by atoms with Crippen molar-refractivity contribution in [2.45, 2.75) is 6.92 Å². The van der Waals surface area contributed by atoms with E-state index in [1.807, 2.05) is 6.92 Å². The first-order chi connectivity index (χ1) is 4.35. The highest BCUT2D eigenvalue weighted by Gasteiger charge is 1.94. The van der Waals surface area contributed by atoms with Crippen LogP contribution in [0.1, 0.15) is 6.92 Å². The zero-order valence-corrected chi connectivity index (χ0v) is 5.72. The van der Waals surface area contributed by atoms with E-state index in [0.29, 0.717) is 19.0 Å². The van der Waals surface area contributed by atoms with E-state index < -0.39 is 0 Å². The third-order valence-corrected chi connectivity index (χ3v) is 0.750. The molecule has 9 heavy (non-hydrogen) atoms. The van der Waals surface area contributed by atoms with Crippen LogP contribution in [0.4, 0.5) is 0 Å². The minimum atomic E-state index is 0.319. The second-order valence-corrected chi connectivity index (χ2v) is 1.46. The van der Waals surface area contributed by atoms with Gasteiger partial charge in [-0.15, -0.1) is 0 Å². The molecular formula is C5H12N2O2. The van der Waals surface area contributed by atoms with Crippen LogP contribution in [0, 0.1) is 0 Å². The maximum absolute atomic E-state index is 8.21. The van der Waals surface area contributed by atoms with Crippen molar-refractivity contribution in [2.75, 3.05) is 20.2 Å². The summed E-state index contributed by atoms with van der Waals surface area (Å²) in [5.41, 5.74) is 0. The van der Waals surface area contributed by atoms with Crippen LogP contribution in [0.15, 0.2) is 5.16 Å². The Bertz CT molecular complexity index is 85.0. The molecule has 0 aliphatic heterocycles. The second-order valence-electron chi connectivity index (χ2n) is 1.46. The molecule has 0 radical (unpaired) electrons. The van der Waals surface area contributed by atoms with Crippen LogP contribution in [0.3, 0.4) is 0 Å². The normalized spacial score (nSPS) is 11.6. The lowest BCUT2D eigenvalue weighted by molar-refractivity contribution is 0.259. The van der Waals surface area contributed by atoms with Gasteiger partial charge in [0.15, 0.2) is 0 Å². The summed E-state index contributed by atoms with van der Waals surface area (Å²) in [6, 6.07) is 0. The van der Waals surface area contributed by atoms with Crippen LogP contribution in [0.5, 0.6) is 0 Å². The maximum atomic E-state index is 8.21. The molecule has 4 nitrogen and oxygen atoms in total. The molecule has 0 saturated carbocycles. The van der Waals surface area contributed by atoms with Gasteiger partial charge in [0, 0.05) is 0 Å². The van der Waals surface area contributed by atoms with Gasteiger partial charge in [-0.25, -0.2) is 0 Å². The zero-order valence-electron chi connectivity index (χ0n) is 5.72. The average Bonchev–Trinajstić information content (AvgIpc) is 1.88. The standard InChI is InChI=1S/C5H12N2O2/c1-3-9-5(7-8)4-6-2/h6,8H,3-4H2,1-2H3/b7-5+. The van der Waals surface area contributed by atoms with Gasteiger partial charge >= 0.3 is 0 Å². The van der Waals surface area contributed by atoms with Crippen LogP contribution in [0.25, 0.3) is 0 Å². The zero-order chi connectivity index (χ0) is 7.11. The van der Waals surface area contributed by atoms with Gasteiger partial charge in [0.1, 0.15) is 0 Å². The summed E-state index contributed by atoms with van der Waals surface area (Å²) in [6.45, 7) is 2.83. The van der Waals surface area contributed by atoms with Gasteiger partial charge in [-0.05, 0) is 14.0 Å². The summed E-state index contributed by atoms with van der Waals surface area (Å²) in [7, 11) is 1.75. The van der Waals surface area contributed by atoms with Crippen molar-refractivity contribution in [3.05, 3.63) is 0 Å². The monoisotopic (exact) mass is 132 g/mol. The van der Waals surface area contributed by atoms with Crippen molar-refractivity contribution in [1.82, 2.24) is 5.32 Å². The van der Waals surface area contributed by atoms with Gasteiger partial charge in [0.05, 0.1) is 13.2 Å². The second kappa shape index (κ2) is 5.37. The number of hydrogen-bond acceptors (Lipinski definition) is 4. The van der Waals surface area contributed by atoms with Crippen LogP contribution >= 0.6 is 0 Å². The SMILES string of the molecule is CCO/C(CNC)=N/O. The van der Waals surface area contributed by atoms with E-state index in [1.165, 1.54) is 0 Å². The molecule has 0 aromatic heterocycles. The van der Waals surface area contributed by atoms with Gasteiger partial charge in [-0.2, -0.15) is 0 Å². The molecule has 0 rings (SSSR count). The van der Waals surface area contributed by atoms with Crippen LogP contribution in [-0.2, 0) is 4.74 Å². The van der Waals surface area contributed by atoms with E-state index >= 15 is 0 Å². The summed E-state index contributed by atoms with van der Waals surface area (Å²) >= 11 is 0. The largest absolute Gasteiger partial charge is 0.478 e. The minimum Gasteiger partial charge on any atom is -0.478 e. The van der Waals surface area contributed by atoms with Crippen LogP contribution in [0.2, 0.25) is 0 Å². The predicted octanol–water partition coefficient (Wildman–Crippen LogP) is 0.0300. The number of hydrogen-bond donors (Lipinski definition) is 2. The fourth-order valence-electron chi connectivity index (χ4n) is 0.433. The Hall–Kier alpha value is -0.770. The first-order valence-electron chi connectivity index (χ1n) is 2.83. The molecule has 0 fully saturated rings. The summed E-state index contributed by atoms with van der Waals surface area (Å²) in [5.74, 6) is 0.319. The van der Waals surface area contributed by atoms with Gasteiger partial charge in [-0.3, -0.25) is 0 Å². The number of nitrogens with zero attached hydrogens (tertiary/aromatic N) is 1. The molecule has 0 saturated heterocycles. The number of rotatable bonds is 3. The van der Waals surface area contributed by atoms with Crippen molar-refractivity contribution in [1.29, 1.82) is 0 Å². The van der Waals surface area contributed by atoms with E-state index in [2.05, 4.69) is 10.5 Å². The molecule has 0 aliphatic rings. The fraction of sp³-hybridized carbons (Fsp3) is 0.800. The number of oxime groups is 1. The number of likely N-dealkylation sites (N-methyl/N-ethyl adjacent to an activating group) is 1. The summed E-state index contributed by atoms with van der Waals surface area (Å²) in [4.78, 5) is 0. The molecule has 0 spiro atoms. The van der Waals surface area contributed by atoms with Crippen molar-refractivity contribution in [2.24, 2.45) is 5.16 Å². The number of nitrogens with one attached hydrogen (secondary N) is 1. The molecule has 54 valence electrons. The Kier molecular flexibility index (Phi) is 4.91. The van der Waals surface area contributed by atoms with Gasteiger partial charge < -0.3 is 15.3 Å². The molecule has 0 aromatic rings. The molecule has 0 aliphatic carbocycles. The molecule has 0 aromatic carbocycles. The van der Waals surface area contributed by atoms with Gasteiger partial charge in [0.2, 0.25) is 5.90 Å². The first-order valence-corrected chi connectivity index (χ1v) is 2.83. The smallest absolute Gasteiger partial charge is 0.239 e. The molecule has 2 N–H and O–H groups in total. The van der Waals surface area contributed by atoms with E-state index in [9.17, 15) is 0 Å². The van der Waals surface area contributed by atoms with E-state index in [1.54, 1.807) is 7.05 Å². The van der Waals surface area contributed by atoms with Crippen molar-refractivity contribution < 1.29 is 9.94 Å². The highest BCUT2D eigenvalue weighted by Crippen LogP contribution is 1.77. The van der Waals surface area contributed by atoms with Crippen LogP contribution in [-0.4, -0.2) is 31.3 Å². The van der Waals surface area contributed by atoms with Crippen molar-refractivity contribution in [3.8, 4) is 0 Å². The Balaban J connectivity index is 3.43. The summed E-state index contributed by atoms with van der Waals surface area (Å²) < 4.78 is 4.87. The lowest BCUT2D eigenvalue weighted by Crippen LogP contribution is -2.21. The summed E-state index contributed by atoms with van der Waals surface area (Å²) in [5, 5.41) is 13.9. The number of ether oxygens (including phenoxy) is 1. The highest BCUT2D eigenvalue weighted by molar-refractivity contribution is 5.77. The highest BCUT2D eigenvalue weighted by atomic mass is 16.5. The maximum Gasteiger partial charge on any atom is 0.239 e. The topological polar surface area (TPSA) is 53.8 Å². The Morgan fingerprint density at radius 2 is 2.44 bits per heavy atom. The molecule has 0 unspecified atom stereocenters. The third kappa shape index (κ3) is 3.78. The van der Waals surface area contributed by atoms with Crippen LogP contribution < -0.4 is 5.32 Å². The lowest BCUT2D eigenvalue weighted by Gasteiger charge is -2.02. The fourth-order valence-corrected chi connectivity index (χ4v) is 0.433. The van der Waals surface area contributed by atoms with Crippen molar-refractivity contribution >= 4 is 5.90 Å². The lowest BCUT2D eigenvalue weighted by atomic mass is 10.6. The van der Waals surface area contributed by atoms with Gasteiger partial charge in [-0.1, -0.05) is 5.16 Å². The Labute approximate surface area is 54.5 Å². The quantitative estimate of drug-likeness (QED) is 0.246. The summed E-state index contributed by atoms with van der Waals surface area (Å²) in [6.07, 6.45) is 0. The Morgan fingerprint density at radius 3 is 2.78 bits per heavy atom. The third-order valence-electron chi connectivity index (χ3n) is 0.750. The molecule has 0 heterocycles. The van der Waals surface area contributed by atoms with Crippen molar-refractivity contribution in [3.63, 3.8) is 0 Å². The van der Waals surface area contributed by atoms with E-state index in [0.717, 1.165) is 0 Å². The average molecular weight is 132 g/mol. The molecular weight excluding hydrogens is 120 g/mol.